The third-order valence-electron chi connectivity index (χ3n) is 4.05. The summed E-state index contributed by atoms with van der Waals surface area (Å²) in [6, 6.07) is 8.96. The summed E-state index contributed by atoms with van der Waals surface area (Å²) < 4.78 is 38.6. The number of aliphatic carboxylic acids is 1. The van der Waals surface area contributed by atoms with Gasteiger partial charge in [0.15, 0.2) is 0 Å². The van der Waals surface area contributed by atoms with Crippen LogP contribution in [0.15, 0.2) is 42.5 Å². The van der Waals surface area contributed by atoms with Crippen molar-refractivity contribution in [2.75, 3.05) is 10.6 Å². The van der Waals surface area contributed by atoms with Crippen molar-refractivity contribution in [3.63, 3.8) is 0 Å². The first kappa shape index (κ1) is 18.9. The average molecular weight is 365 g/mol. The van der Waals surface area contributed by atoms with E-state index in [1.165, 1.54) is 12.1 Å². The number of carbonyl (C=O) groups is 1. The zero-order valence-electron chi connectivity index (χ0n) is 14.2. The highest BCUT2D eigenvalue weighted by atomic mass is 32.2. The van der Waals surface area contributed by atoms with E-state index in [-0.39, 0.29) is 12.1 Å². The number of nitrogens with zero attached hydrogens (tertiary/aromatic N) is 1. The molecule has 0 aromatic heterocycles. The van der Waals surface area contributed by atoms with Gasteiger partial charge in [0, 0.05) is 6.42 Å². The van der Waals surface area contributed by atoms with E-state index in [4.69, 9.17) is 0 Å². The normalized spacial score (nSPS) is 12.6. The van der Waals surface area contributed by atoms with Gasteiger partial charge in [-0.05, 0) is 54.8 Å². The summed E-state index contributed by atoms with van der Waals surface area (Å²) >= 11 is 0. The molecule has 0 heterocycles. The van der Waals surface area contributed by atoms with E-state index in [2.05, 4.69) is 0 Å². The summed E-state index contributed by atoms with van der Waals surface area (Å²) in [6.07, 6.45) is 0.954. The quantitative estimate of drug-likeness (QED) is 0.854. The smallest absolute Gasteiger partial charge is 0.327 e. The van der Waals surface area contributed by atoms with Gasteiger partial charge in [0.25, 0.3) is 0 Å². The Kier molecular flexibility index (Phi) is 5.47. The number of anilines is 1. The van der Waals surface area contributed by atoms with Gasteiger partial charge >= 0.3 is 5.97 Å². The van der Waals surface area contributed by atoms with Crippen LogP contribution in [-0.4, -0.2) is 31.8 Å². The number of hydrogen-bond acceptors (Lipinski definition) is 3. The highest BCUT2D eigenvalue weighted by Crippen LogP contribution is 2.25. The third-order valence-corrected chi connectivity index (χ3v) is 5.23. The molecule has 0 aliphatic rings. The summed E-state index contributed by atoms with van der Waals surface area (Å²) in [5.74, 6) is -1.80. The summed E-state index contributed by atoms with van der Waals surface area (Å²) in [4.78, 5) is 11.9. The fourth-order valence-electron chi connectivity index (χ4n) is 2.83. The molecule has 0 amide bonds. The Labute approximate surface area is 146 Å². The van der Waals surface area contributed by atoms with E-state index in [1.54, 1.807) is 0 Å². The minimum Gasteiger partial charge on any atom is -0.480 e. The highest BCUT2D eigenvalue weighted by molar-refractivity contribution is 7.92. The Morgan fingerprint density at radius 2 is 1.64 bits per heavy atom. The van der Waals surface area contributed by atoms with Gasteiger partial charge in [-0.3, -0.25) is 4.31 Å². The lowest BCUT2D eigenvalue weighted by atomic mass is 9.96. The zero-order chi connectivity index (χ0) is 18.8. The Hall–Kier alpha value is -2.41. The number of rotatable bonds is 6. The zero-order valence-corrected chi connectivity index (χ0v) is 15.0. The maximum atomic E-state index is 13.2. The van der Waals surface area contributed by atoms with Crippen molar-refractivity contribution < 1.29 is 22.7 Å². The lowest BCUT2D eigenvalue weighted by molar-refractivity contribution is -0.138. The van der Waals surface area contributed by atoms with Crippen molar-refractivity contribution >= 4 is 21.7 Å². The molecule has 1 N–H and O–H groups in total. The molecule has 0 saturated heterocycles. The Morgan fingerprint density at radius 1 is 1.12 bits per heavy atom. The second kappa shape index (κ2) is 7.23. The van der Waals surface area contributed by atoms with Gasteiger partial charge in [-0.1, -0.05) is 18.2 Å². The SMILES string of the molecule is Cc1cccc(C)c1C[C@@H](C(=O)O)N(c1ccc(F)cc1)S(C)(=O)=O. The van der Waals surface area contributed by atoms with Crippen molar-refractivity contribution in [2.24, 2.45) is 0 Å². The minimum absolute atomic E-state index is 0.0122. The summed E-state index contributed by atoms with van der Waals surface area (Å²) in [6.45, 7) is 3.70. The molecule has 0 aliphatic heterocycles. The number of aryl methyl sites for hydroxylation is 2. The molecule has 0 saturated carbocycles. The van der Waals surface area contributed by atoms with Crippen LogP contribution in [0.3, 0.4) is 0 Å². The van der Waals surface area contributed by atoms with Crippen molar-refractivity contribution in [3.8, 4) is 0 Å². The van der Waals surface area contributed by atoms with Gasteiger partial charge in [0.1, 0.15) is 11.9 Å². The predicted molar refractivity (Wildman–Crippen MR) is 94.8 cm³/mol. The van der Waals surface area contributed by atoms with Crippen molar-refractivity contribution in [2.45, 2.75) is 26.3 Å². The van der Waals surface area contributed by atoms with Crippen molar-refractivity contribution in [3.05, 3.63) is 65.0 Å². The Morgan fingerprint density at radius 3 is 2.08 bits per heavy atom. The van der Waals surface area contributed by atoms with Crippen molar-refractivity contribution in [1.82, 2.24) is 0 Å². The average Bonchev–Trinajstić information content (AvgIpc) is 2.50. The van der Waals surface area contributed by atoms with E-state index < -0.39 is 27.9 Å². The van der Waals surface area contributed by atoms with E-state index >= 15 is 0 Å². The van der Waals surface area contributed by atoms with Crippen LogP contribution in [0.2, 0.25) is 0 Å². The largest absolute Gasteiger partial charge is 0.480 e. The first-order valence-electron chi connectivity index (χ1n) is 7.64. The maximum Gasteiger partial charge on any atom is 0.327 e. The molecule has 0 aliphatic carbocycles. The molecule has 2 aromatic rings. The Balaban J connectivity index is 2.54. The number of carboxylic acid groups (broad SMARTS) is 1. The molecule has 1 atom stereocenters. The second-order valence-corrected chi connectivity index (χ2v) is 7.82. The van der Waals surface area contributed by atoms with E-state index in [0.29, 0.717) is 0 Å². The molecule has 7 heteroatoms. The maximum absolute atomic E-state index is 13.2. The molecule has 2 aromatic carbocycles. The first-order valence-corrected chi connectivity index (χ1v) is 9.49. The minimum atomic E-state index is -3.89. The molecule has 2 rings (SSSR count). The first-order chi connectivity index (χ1) is 11.6. The molecule has 0 fully saturated rings. The van der Waals surface area contributed by atoms with Gasteiger partial charge in [0.05, 0.1) is 11.9 Å². The number of benzene rings is 2. The summed E-state index contributed by atoms with van der Waals surface area (Å²) in [5.41, 5.74) is 2.67. The fraction of sp³-hybridized carbons (Fsp3) is 0.278. The lowest BCUT2D eigenvalue weighted by Gasteiger charge is -2.29. The molecule has 25 heavy (non-hydrogen) atoms. The second-order valence-electron chi connectivity index (χ2n) is 5.96. The van der Waals surface area contributed by atoms with Crippen LogP contribution < -0.4 is 4.31 Å². The summed E-state index contributed by atoms with van der Waals surface area (Å²) in [5, 5.41) is 9.69. The van der Waals surface area contributed by atoms with Crippen LogP contribution in [0.5, 0.6) is 0 Å². The van der Waals surface area contributed by atoms with Gasteiger partial charge in [0.2, 0.25) is 10.0 Å². The topological polar surface area (TPSA) is 74.7 Å². The summed E-state index contributed by atoms with van der Waals surface area (Å²) in [7, 11) is -3.89. The molecule has 0 radical (unpaired) electrons. The van der Waals surface area contributed by atoms with Gasteiger partial charge < -0.3 is 5.11 Å². The molecule has 0 spiro atoms. The molecular weight excluding hydrogens is 345 g/mol. The lowest BCUT2D eigenvalue weighted by Crippen LogP contribution is -2.46. The monoisotopic (exact) mass is 365 g/mol. The fourth-order valence-corrected chi connectivity index (χ4v) is 3.96. The predicted octanol–water partition coefficient (Wildman–Crippen LogP) is 2.90. The van der Waals surface area contributed by atoms with Crippen LogP contribution in [0.25, 0.3) is 0 Å². The molecule has 0 bridgehead atoms. The van der Waals surface area contributed by atoms with Crippen LogP contribution in [0.4, 0.5) is 10.1 Å². The van der Waals surface area contributed by atoms with Gasteiger partial charge in [-0.25, -0.2) is 17.6 Å². The van der Waals surface area contributed by atoms with Gasteiger partial charge in [-0.15, -0.1) is 0 Å². The molecule has 5 nitrogen and oxygen atoms in total. The van der Waals surface area contributed by atoms with E-state index in [0.717, 1.165) is 39.4 Å². The van der Waals surface area contributed by atoms with Crippen LogP contribution >= 0.6 is 0 Å². The van der Waals surface area contributed by atoms with Crippen LogP contribution in [0.1, 0.15) is 16.7 Å². The molecule has 0 unspecified atom stereocenters. The molecular formula is C18H20FNO4S. The number of carboxylic acids is 1. The van der Waals surface area contributed by atoms with Gasteiger partial charge in [-0.2, -0.15) is 0 Å². The number of hydrogen-bond donors (Lipinski definition) is 1. The number of sulfonamides is 1. The highest BCUT2D eigenvalue weighted by Gasteiger charge is 2.33. The molecule has 134 valence electrons. The van der Waals surface area contributed by atoms with Crippen LogP contribution in [0, 0.1) is 19.7 Å². The van der Waals surface area contributed by atoms with E-state index in [9.17, 15) is 22.7 Å². The van der Waals surface area contributed by atoms with E-state index in [1.807, 2.05) is 32.0 Å². The standard InChI is InChI=1S/C18H20FNO4S/c1-12-5-4-6-13(2)16(12)11-17(18(21)22)20(25(3,23)24)15-9-7-14(19)8-10-15/h4-10,17H,11H2,1-3H3,(H,21,22)/t17-/m0/s1. The Bertz CT molecular complexity index is 858. The van der Waals surface area contributed by atoms with Crippen molar-refractivity contribution in [1.29, 1.82) is 0 Å². The van der Waals surface area contributed by atoms with Crippen LogP contribution in [-0.2, 0) is 21.2 Å². The number of halogens is 1. The third kappa shape index (κ3) is 4.36.